The number of non-ortho nitro benzene ring substituents is 1. The van der Waals surface area contributed by atoms with Crippen molar-refractivity contribution in [2.45, 2.75) is 25.0 Å². The normalized spacial score (nSPS) is 22.8. The summed E-state index contributed by atoms with van der Waals surface area (Å²) in [6.45, 7) is 0.718. The maximum atomic E-state index is 13.0. The van der Waals surface area contributed by atoms with Crippen LogP contribution in [0.3, 0.4) is 0 Å². The standard InChI is InChI=1S/C22H19ClN2O6/c23-15-8-6-13(7-9-15)20(26)18-19(14-3-1-4-16(11-14)25(29)30)24(22(28)21(18)27)12-17-5-2-10-31-17/h1,3-4,6-9,11,17,19,26H,2,5,10,12H2/t17-,19-/m1/s1. The van der Waals surface area contributed by atoms with Crippen LogP contribution in [0.25, 0.3) is 5.76 Å². The average molecular weight is 443 g/mol. The molecule has 2 fully saturated rings. The zero-order valence-electron chi connectivity index (χ0n) is 16.4. The maximum Gasteiger partial charge on any atom is 0.295 e. The first-order valence-corrected chi connectivity index (χ1v) is 10.1. The monoisotopic (exact) mass is 442 g/mol. The fraction of sp³-hybridized carbons (Fsp3) is 0.273. The fourth-order valence-electron chi connectivity index (χ4n) is 3.99. The Labute approximate surface area is 182 Å². The first kappa shape index (κ1) is 21.0. The summed E-state index contributed by atoms with van der Waals surface area (Å²) < 4.78 is 5.63. The van der Waals surface area contributed by atoms with Crippen LogP contribution in [-0.2, 0) is 14.3 Å². The van der Waals surface area contributed by atoms with Gasteiger partial charge in [0.1, 0.15) is 5.76 Å². The number of carbonyl (C=O) groups is 2. The number of halogens is 1. The topological polar surface area (TPSA) is 110 Å². The van der Waals surface area contributed by atoms with Gasteiger partial charge in [0.15, 0.2) is 0 Å². The van der Waals surface area contributed by atoms with Gasteiger partial charge in [0, 0.05) is 35.9 Å². The molecular formula is C22H19ClN2O6. The third-order valence-corrected chi connectivity index (χ3v) is 5.73. The smallest absolute Gasteiger partial charge is 0.295 e. The number of Topliss-reactive ketones (excluding diaryl/α,β-unsaturated/α-hetero) is 1. The molecule has 0 radical (unpaired) electrons. The number of hydrogen-bond donors (Lipinski definition) is 1. The van der Waals surface area contributed by atoms with Gasteiger partial charge in [0.05, 0.1) is 22.6 Å². The van der Waals surface area contributed by atoms with Crippen LogP contribution in [0.1, 0.15) is 30.0 Å². The molecule has 2 aliphatic rings. The Morgan fingerprint density at radius 3 is 2.61 bits per heavy atom. The number of nitro benzene ring substituents is 1. The highest BCUT2D eigenvalue weighted by Crippen LogP contribution is 2.40. The minimum Gasteiger partial charge on any atom is -0.507 e. The summed E-state index contributed by atoms with van der Waals surface area (Å²) in [5.41, 5.74) is 0.384. The summed E-state index contributed by atoms with van der Waals surface area (Å²) in [4.78, 5) is 38.0. The second-order valence-corrected chi connectivity index (χ2v) is 7.88. The number of hydrogen-bond acceptors (Lipinski definition) is 6. The van der Waals surface area contributed by atoms with Crippen LogP contribution in [-0.4, -0.2) is 45.9 Å². The van der Waals surface area contributed by atoms with Crippen molar-refractivity contribution < 1.29 is 24.4 Å². The van der Waals surface area contributed by atoms with Gasteiger partial charge in [0.2, 0.25) is 0 Å². The second kappa shape index (κ2) is 8.49. The van der Waals surface area contributed by atoms with Gasteiger partial charge in [-0.05, 0) is 42.7 Å². The van der Waals surface area contributed by atoms with E-state index in [1.54, 1.807) is 18.2 Å². The molecular weight excluding hydrogens is 424 g/mol. The number of nitrogens with zero attached hydrogens (tertiary/aromatic N) is 2. The van der Waals surface area contributed by atoms with E-state index >= 15 is 0 Å². The summed E-state index contributed by atoms with van der Waals surface area (Å²) in [7, 11) is 0. The van der Waals surface area contributed by atoms with Crippen LogP contribution in [0.15, 0.2) is 54.1 Å². The molecule has 8 nitrogen and oxygen atoms in total. The molecule has 0 spiro atoms. The Kier molecular flexibility index (Phi) is 5.75. The number of ketones is 1. The minimum absolute atomic E-state index is 0.120. The van der Waals surface area contributed by atoms with Crippen molar-refractivity contribution in [2.24, 2.45) is 0 Å². The number of amides is 1. The number of carbonyl (C=O) groups excluding carboxylic acids is 2. The van der Waals surface area contributed by atoms with Crippen molar-refractivity contribution in [1.82, 2.24) is 4.90 Å². The molecule has 2 atom stereocenters. The van der Waals surface area contributed by atoms with E-state index in [1.165, 1.54) is 35.2 Å². The molecule has 2 aromatic carbocycles. The number of aliphatic hydroxyl groups is 1. The van der Waals surface area contributed by atoms with Crippen LogP contribution >= 0.6 is 11.6 Å². The van der Waals surface area contributed by atoms with Crippen molar-refractivity contribution in [3.05, 3.63) is 80.4 Å². The lowest BCUT2D eigenvalue weighted by molar-refractivity contribution is -0.384. The summed E-state index contributed by atoms with van der Waals surface area (Å²) in [6, 6.07) is 10.9. The molecule has 1 amide bonds. The molecule has 0 saturated carbocycles. The molecule has 4 rings (SSSR count). The van der Waals surface area contributed by atoms with Gasteiger partial charge < -0.3 is 14.7 Å². The fourth-order valence-corrected chi connectivity index (χ4v) is 4.12. The zero-order chi connectivity index (χ0) is 22.1. The largest absolute Gasteiger partial charge is 0.507 e. The van der Waals surface area contributed by atoms with E-state index in [1.807, 2.05) is 0 Å². The number of aliphatic hydroxyl groups excluding tert-OH is 1. The number of nitro groups is 1. The predicted molar refractivity (Wildman–Crippen MR) is 113 cm³/mol. The lowest BCUT2D eigenvalue weighted by Gasteiger charge is -2.27. The molecule has 160 valence electrons. The minimum atomic E-state index is -0.972. The molecule has 2 aliphatic heterocycles. The molecule has 0 aromatic heterocycles. The van der Waals surface area contributed by atoms with E-state index in [-0.39, 0.29) is 29.7 Å². The van der Waals surface area contributed by atoms with Gasteiger partial charge in [-0.2, -0.15) is 0 Å². The van der Waals surface area contributed by atoms with Crippen molar-refractivity contribution in [1.29, 1.82) is 0 Å². The second-order valence-electron chi connectivity index (χ2n) is 7.45. The van der Waals surface area contributed by atoms with Crippen LogP contribution in [0.5, 0.6) is 0 Å². The van der Waals surface area contributed by atoms with Gasteiger partial charge >= 0.3 is 0 Å². The molecule has 1 N–H and O–H groups in total. The Hall–Kier alpha value is -3.23. The molecule has 2 saturated heterocycles. The van der Waals surface area contributed by atoms with Gasteiger partial charge in [0.25, 0.3) is 17.4 Å². The van der Waals surface area contributed by atoms with Gasteiger partial charge in [-0.3, -0.25) is 19.7 Å². The molecule has 0 aliphatic carbocycles. The van der Waals surface area contributed by atoms with Crippen molar-refractivity contribution in [2.75, 3.05) is 13.2 Å². The summed E-state index contributed by atoms with van der Waals surface area (Å²) in [6.07, 6.45) is 1.35. The SMILES string of the molecule is O=C1C(=O)N(C[C@H]2CCCO2)[C@H](c2cccc([N+](=O)[O-])c2)C1=C(O)c1ccc(Cl)cc1. The number of likely N-dealkylation sites (tertiary alicyclic amines) is 1. The van der Waals surface area contributed by atoms with E-state index in [0.717, 1.165) is 12.8 Å². The highest BCUT2D eigenvalue weighted by atomic mass is 35.5. The first-order chi connectivity index (χ1) is 14.9. The third kappa shape index (κ3) is 4.04. The van der Waals surface area contributed by atoms with Crippen molar-refractivity contribution >= 4 is 34.7 Å². The van der Waals surface area contributed by atoms with Crippen LogP contribution in [0.2, 0.25) is 5.02 Å². The Morgan fingerprint density at radius 2 is 1.97 bits per heavy atom. The molecule has 2 heterocycles. The Bertz CT molecular complexity index is 1080. The summed E-state index contributed by atoms with van der Waals surface area (Å²) in [5, 5.41) is 22.7. The van der Waals surface area contributed by atoms with Gasteiger partial charge in [-0.1, -0.05) is 23.7 Å². The first-order valence-electron chi connectivity index (χ1n) is 9.77. The van der Waals surface area contributed by atoms with E-state index in [9.17, 15) is 24.8 Å². The molecule has 0 bridgehead atoms. The van der Waals surface area contributed by atoms with E-state index in [2.05, 4.69) is 0 Å². The average Bonchev–Trinajstić information content (AvgIpc) is 3.36. The highest BCUT2D eigenvalue weighted by molar-refractivity contribution is 6.46. The third-order valence-electron chi connectivity index (χ3n) is 5.48. The van der Waals surface area contributed by atoms with Crippen LogP contribution in [0, 0.1) is 10.1 Å². The van der Waals surface area contributed by atoms with E-state index in [0.29, 0.717) is 22.8 Å². The number of ether oxygens (including phenoxy) is 1. The quantitative estimate of drug-likeness (QED) is 0.247. The number of benzene rings is 2. The van der Waals surface area contributed by atoms with Crippen molar-refractivity contribution in [3.63, 3.8) is 0 Å². The molecule has 9 heteroatoms. The highest BCUT2D eigenvalue weighted by Gasteiger charge is 2.47. The Morgan fingerprint density at radius 1 is 1.23 bits per heavy atom. The van der Waals surface area contributed by atoms with Crippen LogP contribution in [0.4, 0.5) is 5.69 Å². The van der Waals surface area contributed by atoms with Crippen LogP contribution < -0.4 is 0 Å². The maximum absolute atomic E-state index is 13.0. The van der Waals surface area contributed by atoms with Crippen molar-refractivity contribution in [3.8, 4) is 0 Å². The zero-order valence-corrected chi connectivity index (χ0v) is 17.1. The van der Waals surface area contributed by atoms with Gasteiger partial charge in [-0.15, -0.1) is 0 Å². The molecule has 31 heavy (non-hydrogen) atoms. The summed E-state index contributed by atoms with van der Waals surface area (Å²) in [5.74, 6) is -1.98. The number of rotatable bonds is 5. The molecule has 0 unspecified atom stereocenters. The van der Waals surface area contributed by atoms with Gasteiger partial charge in [-0.25, -0.2) is 0 Å². The predicted octanol–water partition coefficient (Wildman–Crippen LogP) is 3.85. The molecule has 2 aromatic rings. The Balaban J connectivity index is 1.85. The van der Waals surface area contributed by atoms with E-state index < -0.39 is 22.7 Å². The lowest BCUT2D eigenvalue weighted by Crippen LogP contribution is -2.36. The van der Waals surface area contributed by atoms with E-state index in [4.69, 9.17) is 16.3 Å². The summed E-state index contributed by atoms with van der Waals surface area (Å²) >= 11 is 5.91. The lowest BCUT2D eigenvalue weighted by atomic mass is 9.95.